The van der Waals surface area contributed by atoms with Crippen LogP contribution in [0.2, 0.25) is 0 Å². The molecule has 0 aliphatic carbocycles. The Hall–Kier alpha value is -2.96. The first-order valence-electron chi connectivity index (χ1n) is 9.82. The first-order chi connectivity index (χ1) is 14.4. The van der Waals surface area contributed by atoms with Gasteiger partial charge in [0.15, 0.2) is 0 Å². The molecule has 3 aromatic carbocycles. The van der Waals surface area contributed by atoms with Crippen LogP contribution >= 0.6 is 0 Å². The van der Waals surface area contributed by atoms with Crippen molar-refractivity contribution in [3.8, 4) is 0 Å². The van der Waals surface area contributed by atoms with Crippen LogP contribution in [-0.2, 0) is 21.2 Å². The van der Waals surface area contributed by atoms with E-state index >= 15 is 0 Å². The number of nitrogens with one attached hydrogen (secondary N) is 1. The highest BCUT2D eigenvalue weighted by Gasteiger charge is 2.26. The lowest BCUT2D eigenvalue weighted by Gasteiger charge is -2.22. The van der Waals surface area contributed by atoms with Gasteiger partial charge >= 0.3 is 0 Å². The van der Waals surface area contributed by atoms with Gasteiger partial charge in [0.2, 0.25) is 15.9 Å². The van der Waals surface area contributed by atoms with Crippen LogP contribution in [0, 0.1) is 13.8 Å². The zero-order valence-electron chi connectivity index (χ0n) is 17.2. The van der Waals surface area contributed by atoms with Gasteiger partial charge in [0.05, 0.1) is 11.4 Å². The maximum atomic E-state index is 13.2. The molecule has 0 unspecified atom stereocenters. The summed E-state index contributed by atoms with van der Waals surface area (Å²) < 4.78 is 27.6. The van der Waals surface area contributed by atoms with Crippen LogP contribution in [0.15, 0.2) is 83.8 Å². The summed E-state index contributed by atoms with van der Waals surface area (Å²) in [5.74, 6) is -0.370. The van der Waals surface area contributed by atoms with E-state index < -0.39 is 10.0 Å². The fourth-order valence-corrected chi connectivity index (χ4v) is 4.52. The molecule has 0 radical (unpaired) electrons. The van der Waals surface area contributed by atoms with Crippen molar-refractivity contribution in [1.82, 2.24) is 4.31 Å². The number of sulfonamides is 1. The maximum Gasteiger partial charge on any atom is 0.243 e. The Morgan fingerprint density at radius 3 is 2.13 bits per heavy atom. The number of carbonyl (C=O) groups excluding carboxylic acids is 1. The molecule has 30 heavy (non-hydrogen) atoms. The maximum absolute atomic E-state index is 13.2. The Bertz CT molecular complexity index is 1100. The van der Waals surface area contributed by atoms with E-state index in [0.29, 0.717) is 12.1 Å². The fourth-order valence-electron chi connectivity index (χ4n) is 3.10. The molecule has 0 heterocycles. The van der Waals surface area contributed by atoms with Crippen molar-refractivity contribution in [3.63, 3.8) is 0 Å². The summed E-state index contributed by atoms with van der Waals surface area (Å²) in [5, 5.41) is 2.82. The Morgan fingerprint density at radius 1 is 0.867 bits per heavy atom. The molecule has 0 aliphatic heterocycles. The summed E-state index contributed by atoms with van der Waals surface area (Å²) in [4.78, 5) is 12.9. The van der Waals surface area contributed by atoms with Crippen LogP contribution in [0.25, 0.3) is 0 Å². The minimum absolute atomic E-state index is 0.178. The average Bonchev–Trinajstić information content (AvgIpc) is 2.75. The molecule has 0 fully saturated rings. The van der Waals surface area contributed by atoms with Crippen LogP contribution in [0.1, 0.15) is 16.7 Å². The molecular weight excluding hydrogens is 396 g/mol. The largest absolute Gasteiger partial charge is 0.325 e. The van der Waals surface area contributed by atoms with E-state index in [9.17, 15) is 13.2 Å². The first kappa shape index (κ1) is 21.7. The number of carbonyl (C=O) groups is 1. The van der Waals surface area contributed by atoms with Gasteiger partial charge in [-0.25, -0.2) is 8.42 Å². The molecule has 0 spiro atoms. The van der Waals surface area contributed by atoms with Crippen molar-refractivity contribution >= 4 is 21.6 Å². The van der Waals surface area contributed by atoms with E-state index in [-0.39, 0.29) is 23.9 Å². The molecule has 0 saturated carbocycles. The standard InChI is InChI=1S/C24H26N2O3S/c1-19-13-14-22(17-20(19)2)25-24(27)18-26(16-15-21-9-5-3-6-10-21)30(28,29)23-11-7-4-8-12-23/h3-14,17H,15-16,18H2,1-2H3,(H,25,27). The number of aryl methyl sites for hydroxylation is 2. The number of benzene rings is 3. The summed E-state index contributed by atoms with van der Waals surface area (Å²) in [6.45, 7) is 3.92. The Morgan fingerprint density at radius 2 is 1.50 bits per heavy atom. The smallest absolute Gasteiger partial charge is 0.243 e. The molecule has 3 rings (SSSR count). The van der Waals surface area contributed by atoms with Gasteiger partial charge in [-0.1, -0.05) is 54.6 Å². The highest BCUT2D eigenvalue weighted by molar-refractivity contribution is 7.89. The van der Waals surface area contributed by atoms with Crippen molar-refractivity contribution < 1.29 is 13.2 Å². The second-order valence-electron chi connectivity index (χ2n) is 7.23. The molecule has 0 aromatic heterocycles. The van der Waals surface area contributed by atoms with Crippen molar-refractivity contribution in [3.05, 3.63) is 95.6 Å². The normalized spacial score (nSPS) is 11.4. The van der Waals surface area contributed by atoms with E-state index in [1.807, 2.05) is 62.4 Å². The van der Waals surface area contributed by atoms with Crippen molar-refractivity contribution in [2.45, 2.75) is 25.2 Å². The molecule has 5 nitrogen and oxygen atoms in total. The number of nitrogens with zero attached hydrogens (tertiary/aromatic N) is 1. The van der Waals surface area contributed by atoms with Crippen molar-refractivity contribution in [2.75, 3.05) is 18.4 Å². The SMILES string of the molecule is Cc1ccc(NC(=O)CN(CCc2ccccc2)S(=O)(=O)c2ccccc2)cc1C. The lowest BCUT2D eigenvalue weighted by atomic mass is 10.1. The Kier molecular flexibility index (Phi) is 7.03. The van der Waals surface area contributed by atoms with Crippen molar-refractivity contribution in [2.24, 2.45) is 0 Å². The highest BCUT2D eigenvalue weighted by atomic mass is 32.2. The summed E-state index contributed by atoms with van der Waals surface area (Å²) in [6.07, 6.45) is 0.518. The first-order valence-corrected chi connectivity index (χ1v) is 11.3. The van der Waals surface area contributed by atoms with Gasteiger partial charge in [0, 0.05) is 12.2 Å². The van der Waals surface area contributed by atoms with Gasteiger partial charge in [0.1, 0.15) is 0 Å². The molecule has 1 N–H and O–H groups in total. The lowest BCUT2D eigenvalue weighted by molar-refractivity contribution is -0.116. The van der Waals surface area contributed by atoms with E-state index in [1.165, 1.54) is 4.31 Å². The predicted octanol–water partition coefficient (Wildman–Crippen LogP) is 4.18. The summed E-state index contributed by atoms with van der Waals surface area (Å²) >= 11 is 0. The molecular formula is C24H26N2O3S. The molecule has 1 amide bonds. The van der Waals surface area contributed by atoms with Gasteiger partial charge in [-0.2, -0.15) is 4.31 Å². The average molecular weight is 423 g/mol. The molecule has 0 saturated heterocycles. The van der Waals surface area contributed by atoms with Gasteiger partial charge < -0.3 is 5.32 Å². The zero-order chi connectivity index (χ0) is 21.6. The molecule has 0 aliphatic rings. The van der Waals surface area contributed by atoms with E-state index in [1.54, 1.807) is 30.3 Å². The van der Waals surface area contributed by atoms with Crippen molar-refractivity contribution in [1.29, 1.82) is 0 Å². The Labute approximate surface area is 178 Å². The molecule has 0 atom stereocenters. The van der Waals surface area contributed by atoms with Gasteiger partial charge in [-0.05, 0) is 61.2 Å². The number of hydrogen-bond acceptors (Lipinski definition) is 3. The van der Waals surface area contributed by atoms with Crippen LogP contribution in [0.3, 0.4) is 0 Å². The fraction of sp³-hybridized carbons (Fsp3) is 0.208. The van der Waals surface area contributed by atoms with Crippen LogP contribution < -0.4 is 5.32 Å². The van der Waals surface area contributed by atoms with Gasteiger partial charge in [-0.3, -0.25) is 4.79 Å². The van der Waals surface area contributed by atoms with Gasteiger partial charge in [0.25, 0.3) is 0 Å². The topological polar surface area (TPSA) is 66.5 Å². The van der Waals surface area contributed by atoms with Crippen LogP contribution in [0.5, 0.6) is 0 Å². The monoisotopic (exact) mass is 422 g/mol. The summed E-state index contributed by atoms with van der Waals surface area (Å²) in [6, 6.07) is 23.5. The third kappa shape index (κ3) is 5.55. The number of rotatable bonds is 8. The summed E-state index contributed by atoms with van der Waals surface area (Å²) in [7, 11) is -3.80. The Balaban J connectivity index is 1.79. The molecule has 6 heteroatoms. The van der Waals surface area contributed by atoms with E-state index in [0.717, 1.165) is 16.7 Å². The third-order valence-corrected chi connectivity index (χ3v) is 6.84. The highest BCUT2D eigenvalue weighted by Crippen LogP contribution is 2.18. The van der Waals surface area contributed by atoms with E-state index in [4.69, 9.17) is 0 Å². The number of anilines is 1. The minimum Gasteiger partial charge on any atom is -0.325 e. The molecule has 0 bridgehead atoms. The second-order valence-corrected chi connectivity index (χ2v) is 9.17. The van der Waals surface area contributed by atoms with Gasteiger partial charge in [-0.15, -0.1) is 0 Å². The summed E-state index contributed by atoms with van der Waals surface area (Å²) in [5.41, 5.74) is 3.86. The minimum atomic E-state index is -3.80. The molecule has 3 aromatic rings. The number of hydrogen-bond donors (Lipinski definition) is 1. The predicted molar refractivity (Wildman–Crippen MR) is 120 cm³/mol. The number of amides is 1. The molecule has 156 valence electrons. The second kappa shape index (κ2) is 9.69. The quantitative estimate of drug-likeness (QED) is 0.592. The van der Waals surface area contributed by atoms with Crippen LogP contribution in [-0.4, -0.2) is 31.7 Å². The van der Waals surface area contributed by atoms with Crippen LogP contribution in [0.4, 0.5) is 5.69 Å². The third-order valence-electron chi connectivity index (χ3n) is 4.98. The van der Waals surface area contributed by atoms with E-state index in [2.05, 4.69) is 5.32 Å². The lowest BCUT2D eigenvalue weighted by Crippen LogP contribution is -2.39. The zero-order valence-corrected chi connectivity index (χ0v) is 18.0.